The number of benzene rings is 1. The molecule has 2 aromatic rings. The zero-order valence-electron chi connectivity index (χ0n) is 14.2. The van der Waals surface area contributed by atoms with E-state index < -0.39 is 12.0 Å². The lowest BCUT2D eigenvalue weighted by atomic mass is 10.2. The van der Waals surface area contributed by atoms with Crippen LogP contribution in [0.4, 0.5) is 0 Å². The molecule has 1 unspecified atom stereocenters. The van der Waals surface area contributed by atoms with Crippen LogP contribution in [0.5, 0.6) is 5.75 Å². The molecule has 1 aromatic carbocycles. The first-order valence-electron chi connectivity index (χ1n) is 8.16. The SMILES string of the molecule is Cc1cccc(Cl)c1OCCNC(=O)c1cc2n(n1)CC(O)CNC2=O. The Kier molecular flexibility index (Phi) is 5.43. The van der Waals surface area contributed by atoms with Crippen molar-refractivity contribution in [2.75, 3.05) is 19.7 Å². The molecule has 0 aliphatic carbocycles. The van der Waals surface area contributed by atoms with E-state index in [-0.39, 0.29) is 43.5 Å². The van der Waals surface area contributed by atoms with Crippen LogP contribution in [0, 0.1) is 6.92 Å². The number of hydrogen-bond acceptors (Lipinski definition) is 5. The van der Waals surface area contributed by atoms with E-state index in [0.717, 1.165) is 5.56 Å². The number of nitrogens with one attached hydrogen (secondary N) is 2. The molecule has 1 aliphatic heterocycles. The molecule has 9 heteroatoms. The summed E-state index contributed by atoms with van der Waals surface area (Å²) in [6, 6.07) is 6.86. The van der Waals surface area contributed by atoms with E-state index in [4.69, 9.17) is 16.3 Å². The molecule has 0 bridgehead atoms. The Bertz CT molecular complexity index is 816. The number of fused-ring (bicyclic) bond motifs is 1. The Balaban J connectivity index is 1.57. The van der Waals surface area contributed by atoms with E-state index in [0.29, 0.717) is 10.8 Å². The van der Waals surface area contributed by atoms with E-state index >= 15 is 0 Å². The molecule has 26 heavy (non-hydrogen) atoms. The number of β-amino-alcohol motifs (C(OH)–C–C–N with tert-alkyl or cyclic N) is 1. The minimum absolute atomic E-state index is 0.109. The van der Waals surface area contributed by atoms with Crippen LogP contribution < -0.4 is 15.4 Å². The molecule has 0 fully saturated rings. The van der Waals surface area contributed by atoms with Crippen molar-refractivity contribution in [1.29, 1.82) is 0 Å². The number of carbonyl (C=O) groups excluding carboxylic acids is 2. The summed E-state index contributed by atoms with van der Waals surface area (Å²) < 4.78 is 6.95. The predicted molar refractivity (Wildman–Crippen MR) is 94.6 cm³/mol. The van der Waals surface area contributed by atoms with Crippen molar-refractivity contribution < 1.29 is 19.4 Å². The number of carbonyl (C=O) groups is 2. The quantitative estimate of drug-likeness (QED) is 0.666. The third kappa shape index (κ3) is 3.97. The van der Waals surface area contributed by atoms with Gasteiger partial charge in [-0.15, -0.1) is 0 Å². The Morgan fingerprint density at radius 3 is 3.12 bits per heavy atom. The number of nitrogens with zero attached hydrogens (tertiary/aromatic N) is 2. The smallest absolute Gasteiger partial charge is 0.271 e. The van der Waals surface area contributed by atoms with Gasteiger partial charge in [0, 0.05) is 12.6 Å². The van der Waals surface area contributed by atoms with Crippen molar-refractivity contribution in [2.24, 2.45) is 0 Å². The molecule has 1 aliphatic rings. The summed E-state index contributed by atoms with van der Waals surface area (Å²) >= 11 is 6.08. The van der Waals surface area contributed by atoms with Gasteiger partial charge < -0.3 is 20.5 Å². The first-order chi connectivity index (χ1) is 12.5. The maximum absolute atomic E-state index is 12.2. The summed E-state index contributed by atoms with van der Waals surface area (Å²) in [6.07, 6.45) is -0.747. The minimum Gasteiger partial charge on any atom is -0.490 e. The van der Waals surface area contributed by atoms with Gasteiger partial charge in [0.1, 0.15) is 18.1 Å². The standard InChI is InChI=1S/C17H19ClN4O4/c1-10-3-2-4-12(18)15(10)26-6-5-19-16(24)13-7-14-17(25)20-8-11(23)9-22(14)21-13/h2-4,7,11,23H,5-6,8-9H2,1H3,(H,19,24)(H,20,25). The number of ether oxygens (including phenoxy) is 1. The third-order valence-electron chi connectivity index (χ3n) is 3.93. The number of para-hydroxylation sites is 1. The molecule has 2 heterocycles. The topological polar surface area (TPSA) is 105 Å². The van der Waals surface area contributed by atoms with Crippen LogP contribution >= 0.6 is 11.6 Å². The van der Waals surface area contributed by atoms with Crippen molar-refractivity contribution in [2.45, 2.75) is 19.6 Å². The molecule has 1 atom stereocenters. The van der Waals surface area contributed by atoms with E-state index in [2.05, 4.69) is 15.7 Å². The minimum atomic E-state index is -0.747. The molecule has 0 saturated carbocycles. The number of aromatic nitrogens is 2. The van der Waals surface area contributed by atoms with Crippen LogP contribution in [-0.4, -0.2) is 52.5 Å². The highest BCUT2D eigenvalue weighted by atomic mass is 35.5. The predicted octanol–water partition coefficient (Wildman–Crippen LogP) is 0.758. The van der Waals surface area contributed by atoms with Crippen molar-refractivity contribution >= 4 is 23.4 Å². The molecular formula is C17H19ClN4O4. The van der Waals surface area contributed by atoms with Crippen LogP contribution in [0.25, 0.3) is 0 Å². The first kappa shape index (κ1) is 18.2. The Morgan fingerprint density at radius 1 is 1.54 bits per heavy atom. The van der Waals surface area contributed by atoms with Gasteiger partial charge in [0.25, 0.3) is 11.8 Å². The van der Waals surface area contributed by atoms with Crippen molar-refractivity contribution in [3.05, 3.63) is 46.2 Å². The lowest BCUT2D eigenvalue weighted by molar-refractivity contribution is 0.0931. The van der Waals surface area contributed by atoms with Crippen LogP contribution in [0.1, 0.15) is 26.5 Å². The molecule has 3 N–H and O–H groups in total. The fourth-order valence-corrected chi connectivity index (χ4v) is 2.90. The van der Waals surface area contributed by atoms with Crippen LogP contribution in [0.2, 0.25) is 5.02 Å². The van der Waals surface area contributed by atoms with E-state index in [1.165, 1.54) is 10.7 Å². The van der Waals surface area contributed by atoms with E-state index in [9.17, 15) is 14.7 Å². The number of rotatable bonds is 5. The fraction of sp³-hybridized carbons (Fsp3) is 0.353. The van der Waals surface area contributed by atoms with E-state index in [1.807, 2.05) is 19.1 Å². The van der Waals surface area contributed by atoms with Gasteiger partial charge in [0.05, 0.1) is 24.2 Å². The summed E-state index contributed by atoms with van der Waals surface area (Å²) in [5.41, 5.74) is 1.26. The number of amides is 2. The van der Waals surface area contributed by atoms with Gasteiger partial charge in [-0.1, -0.05) is 23.7 Å². The summed E-state index contributed by atoms with van der Waals surface area (Å²) in [6.45, 7) is 2.68. The number of hydrogen-bond donors (Lipinski definition) is 3. The highest BCUT2D eigenvalue weighted by molar-refractivity contribution is 6.32. The summed E-state index contributed by atoms with van der Waals surface area (Å²) in [7, 11) is 0. The van der Waals surface area contributed by atoms with Gasteiger partial charge in [-0.2, -0.15) is 5.10 Å². The molecule has 2 amide bonds. The Morgan fingerprint density at radius 2 is 2.35 bits per heavy atom. The van der Waals surface area contributed by atoms with Crippen LogP contribution in [0.3, 0.4) is 0 Å². The summed E-state index contributed by atoms with van der Waals surface area (Å²) in [4.78, 5) is 24.1. The molecule has 1 aromatic heterocycles. The Hall–Kier alpha value is -2.58. The molecule has 8 nitrogen and oxygen atoms in total. The molecule has 138 valence electrons. The van der Waals surface area contributed by atoms with Gasteiger partial charge in [0.2, 0.25) is 0 Å². The second-order valence-electron chi connectivity index (χ2n) is 5.95. The lowest BCUT2D eigenvalue weighted by Gasteiger charge is -2.11. The highest BCUT2D eigenvalue weighted by Crippen LogP contribution is 2.27. The van der Waals surface area contributed by atoms with Crippen LogP contribution in [-0.2, 0) is 6.54 Å². The number of aryl methyl sites for hydroxylation is 1. The monoisotopic (exact) mass is 378 g/mol. The van der Waals surface area contributed by atoms with Gasteiger partial charge >= 0.3 is 0 Å². The van der Waals surface area contributed by atoms with Gasteiger partial charge in [-0.3, -0.25) is 14.3 Å². The highest BCUT2D eigenvalue weighted by Gasteiger charge is 2.24. The van der Waals surface area contributed by atoms with E-state index in [1.54, 1.807) is 6.07 Å². The van der Waals surface area contributed by atoms with Crippen LogP contribution in [0.15, 0.2) is 24.3 Å². The Labute approximate surface area is 155 Å². The zero-order valence-corrected chi connectivity index (χ0v) is 14.9. The number of halogens is 1. The summed E-state index contributed by atoms with van der Waals surface area (Å²) in [5.74, 6) is -0.208. The van der Waals surface area contributed by atoms with Crippen molar-refractivity contribution in [3.8, 4) is 5.75 Å². The molecule has 0 radical (unpaired) electrons. The molecule has 0 saturated heterocycles. The largest absolute Gasteiger partial charge is 0.490 e. The second-order valence-corrected chi connectivity index (χ2v) is 6.36. The fourth-order valence-electron chi connectivity index (χ4n) is 2.62. The average molecular weight is 379 g/mol. The normalized spacial score (nSPS) is 16.4. The third-order valence-corrected chi connectivity index (χ3v) is 4.22. The maximum atomic E-state index is 12.2. The van der Waals surface area contributed by atoms with Crippen molar-refractivity contribution in [3.63, 3.8) is 0 Å². The summed E-state index contributed by atoms with van der Waals surface area (Å²) in [5, 5.41) is 19.6. The van der Waals surface area contributed by atoms with Gasteiger partial charge in [-0.05, 0) is 18.6 Å². The molecule has 0 spiro atoms. The number of aliphatic hydroxyl groups is 1. The zero-order chi connectivity index (χ0) is 18.7. The maximum Gasteiger partial charge on any atom is 0.271 e. The average Bonchev–Trinajstić information content (AvgIpc) is 2.97. The van der Waals surface area contributed by atoms with Gasteiger partial charge in [0.15, 0.2) is 5.69 Å². The lowest BCUT2D eigenvalue weighted by Crippen LogP contribution is -2.30. The first-order valence-corrected chi connectivity index (χ1v) is 8.53. The number of aliphatic hydroxyl groups excluding tert-OH is 1. The molecular weight excluding hydrogens is 360 g/mol. The second kappa shape index (κ2) is 7.76. The molecule has 3 rings (SSSR count). The van der Waals surface area contributed by atoms with Gasteiger partial charge in [-0.25, -0.2) is 0 Å². The van der Waals surface area contributed by atoms with Crippen molar-refractivity contribution in [1.82, 2.24) is 20.4 Å².